The Kier molecular flexibility index (Phi) is 8.20. The van der Waals surface area contributed by atoms with Crippen LogP contribution in [0.1, 0.15) is 0 Å². The zero-order chi connectivity index (χ0) is 33.4. The van der Waals surface area contributed by atoms with E-state index in [2.05, 4.69) is 20.5 Å². The van der Waals surface area contributed by atoms with Crippen LogP contribution in [0.4, 0.5) is 34.1 Å². The molecule has 5 aromatic carbocycles. The normalized spacial score (nSPS) is 12.3. The molecule has 0 atom stereocenters. The second kappa shape index (κ2) is 11.9. The predicted octanol–water partition coefficient (Wildman–Crippen LogP) is 6.73. The van der Waals surface area contributed by atoms with Crippen LogP contribution in [0.3, 0.4) is 0 Å². The van der Waals surface area contributed by atoms with E-state index in [0.717, 1.165) is 35.4 Å². The second-order valence-electron chi connectivity index (χ2n) is 9.52. The second-order valence-corrected chi connectivity index (χ2v) is 12.3. The molecule has 0 aromatic heterocycles. The first-order chi connectivity index (χ1) is 21.6. The number of phenolic OH excluding ortho intramolecular Hbond substituents is 2. The van der Waals surface area contributed by atoms with Crippen molar-refractivity contribution in [1.29, 1.82) is 0 Å². The first kappa shape index (κ1) is 31.6. The smallest absolute Gasteiger partial charge is 0.296 e. The molecule has 16 nitrogen and oxygen atoms in total. The van der Waals surface area contributed by atoms with Crippen molar-refractivity contribution in [3.05, 3.63) is 95.0 Å². The maximum atomic E-state index is 12.3. The van der Waals surface area contributed by atoms with Gasteiger partial charge in [0.2, 0.25) is 0 Å². The van der Waals surface area contributed by atoms with Crippen molar-refractivity contribution in [2.45, 2.75) is 9.79 Å². The Balaban J connectivity index is 1.64. The van der Waals surface area contributed by atoms with Gasteiger partial charge in [-0.25, -0.2) is 0 Å². The number of nitro groups is 1. The molecule has 0 saturated heterocycles. The molecule has 0 bridgehead atoms. The molecule has 0 spiro atoms. The van der Waals surface area contributed by atoms with Gasteiger partial charge < -0.3 is 15.9 Å². The van der Waals surface area contributed by atoms with Crippen molar-refractivity contribution in [3.8, 4) is 22.6 Å². The van der Waals surface area contributed by atoms with Crippen molar-refractivity contribution in [2.75, 3.05) is 5.73 Å². The number of hydrogen-bond acceptors (Lipinski definition) is 13. The van der Waals surface area contributed by atoms with E-state index in [-0.39, 0.29) is 33.6 Å². The number of rotatable bonds is 8. The molecule has 5 rings (SSSR count). The summed E-state index contributed by atoms with van der Waals surface area (Å²) < 4.78 is 68.9. The summed E-state index contributed by atoms with van der Waals surface area (Å²) in [6.07, 6.45) is 0. The number of non-ortho nitro benzene ring substituents is 1. The summed E-state index contributed by atoms with van der Waals surface area (Å²) in [6, 6.07) is 19.0. The van der Waals surface area contributed by atoms with Gasteiger partial charge in [0, 0.05) is 12.1 Å². The Morgan fingerprint density at radius 1 is 0.652 bits per heavy atom. The first-order valence-electron chi connectivity index (χ1n) is 12.7. The summed E-state index contributed by atoms with van der Waals surface area (Å²) in [5.74, 6) is -0.839. The summed E-state index contributed by atoms with van der Waals surface area (Å²) >= 11 is 0. The third-order valence-corrected chi connectivity index (χ3v) is 8.26. The van der Waals surface area contributed by atoms with E-state index in [1.807, 2.05) is 0 Å². The van der Waals surface area contributed by atoms with Crippen LogP contribution >= 0.6 is 0 Å². The molecule has 0 unspecified atom stereocenters. The lowest BCUT2D eigenvalue weighted by atomic mass is 10.0. The highest BCUT2D eigenvalue weighted by molar-refractivity contribution is 7.86. The molecule has 0 heterocycles. The van der Waals surface area contributed by atoms with Crippen LogP contribution in [0.2, 0.25) is 0 Å². The summed E-state index contributed by atoms with van der Waals surface area (Å²) in [6.45, 7) is 0. The molecule has 0 radical (unpaired) electrons. The molecule has 0 aliphatic heterocycles. The number of nitrogens with two attached hydrogens (primary N) is 1. The van der Waals surface area contributed by atoms with Crippen LogP contribution in [-0.4, -0.2) is 41.1 Å². The molecule has 0 aliphatic carbocycles. The quantitative estimate of drug-likeness (QED) is 0.0381. The summed E-state index contributed by atoms with van der Waals surface area (Å²) in [4.78, 5) is 8.38. The van der Waals surface area contributed by atoms with Crippen LogP contribution in [0.5, 0.6) is 11.5 Å². The largest absolute Gasteiger partial charge is 0.508 e. The Bertz CT molecular complexity index is 2290. The number of aromatic hydroxyl groups is 2. The van der Waals surface area contributed by atoms with Gasteiger partial charge in [0.1, 0.15) is 26.9 Å². The standard InChI is InChI=1S/C28H20N6O10S2/c29-25-24-17(13-22(45(39,40)41)26(25)32-30-19-7-9-20(10-8-19)34(37)38)14-23(46(42,43)44)27(28(24)36)33-31-18-5-1-15(2-6-18)16-3-11-21(35)12-4-16/h1-14,35-36H,29H2,(H,39,40,41)(H,42,43,44). The van der Waals surface area contributed by atoms with Crippen molar-refractivity contribution in [2.24, 2.45) is 20.5 Å². The molecule has 0 fully saturated rings. The number of benzene rings is 5. The van der Waals surface area contributed by atoms with Crippen LogP contribution in [-0.2, 0) is 20.2 Å². The van der Waals surface area contributed by atoms with Crippen molar-refractivity contribution in [1.82, 2.24) is 0 Å². The number of anilines is 1. The lowest BCUT2D eigenvalue weighted by molar-refractivity contribution is -0.384. The number of phenols is 2. The number of nitrogen functional groups attached to an aromatic ring is 1. The molecule has 5 aromatic rings. The molecule has 18 heteroatoms. The fraction of sp³-hybridized carbons (Fsp3) is 0. The fourth-order valence-electron chi connectivity index (χ4n) is 4.34. The van der Waals surface area contributed by atoms with Gasteiger partial charge in [0.15, 0.2) is 5.75 Å². The van der Waals surface area contributed by atoms with E-state index >= 15 is 0 Å². The maximum Gasteiger partial charge on any atom is 0.296 e. The number of nitro benzene ring substituents is 1. The van der Waals surface area contributed by atoms with Gasteiger partial charge in [0.25, 0.3) is 25.9 Å². The van der Waals surface area contributed by atoms with Gasteiger partial charge in [0.05, 0.1) is 27.4 Å². The van der Waals surface area contributed by atoms with Gasteiger partial charge in [-0.05, 0) is 65.0 Å². The highest BCUT2D eigenvalue weighted by Crippen LogP contribution is 2.48. The minimum atomic E-state index is -5.10. The highest BCUT2D eigenvalue weighted by Gasteiger charge is 2.28. The molecule has 0 aliphatic rings. The third-order valence-electron chi connectivity index (χ3n) is 6.53. The summed E-state index contributed by atoms with van der Waals surface area (Å²) in [7, 11) is -10.2. The molecule has 0 saturated carbocycles. The summed E-state index contributed by atoms with van der Waals surface area (Å²) in [5, 5.41) is 46.2. The first-order valence-corrected chi connectivity index (χ1v) is 15.6. The Labute approximate surface area is 259 Å². The third kappa shape index (κ3) is 6.49. The molecule has 46 heavy (non-hydrogen) atoms. The van der Waals surface area contributed by atoms with Gasteiger partial charge in [-0.2, -0.15) is 27.1 Å². The fourth-order valence-corrected chi connectivity index (χ4v) is 5.66. The average molecular weight is 665 g/mol. The average Bonchev–Trinajstić information content (AvgIpc) is 2.99. The highest BCUT2D eigenvalue weighted by atomic mass is 32.2. The van der Waals surface area contributed by atoms with Crippen LogP contribution in [0.15, 0.2) is 115 Å². The SMILES string of the molecule is Nc1c(N=Nc2ccc([N+](=O)[O-])cc2)c(S(=O)(=O)O)cc2cc(S(=O)(=O)O)c(N=Nc3ccc(-c4ccc(O)cc4)cc3)c(O)c12. The lowest BCUT2D eigenvalue weighted by Gasteiger charge is -2.14. The van der Waals surface area contributed by atoms with E-state index in [9.17, 15) is 46.3 Å². The van der Waals surface area contributed by atoms with Crippen molar-refractivity contribution >= 4 is 65.1 Å². The van der Waals surface area contributed by atoms with Crippen molar-refractivity contribution < 1.29 is 41.1 Å². The van der Waals surface area contributed by atoms with Gasteiger partial charge >= 0.3 is 0 Å². The van der Waals surface area contributed by atoms with E-state index < -0.39 is 57.8 Å². The number of azo groups is 2. The minimum absolute atomic E-state index is 0.0308. The van der Waals surface area contributed by atoms with E-state index in [0.29, 0.717) is 0 Å². The number of nitrogens with zero attached hydrogens (tertiary/aromatic N) is 5. The van der Waals surface area contributed by atoms with Crippen LogP contribution in [0.25, 0.3) is 21.9 Å². The van der Waals surface area contributed by atoms with E-state index in [4.69, 9.17) is 5.73 Å². The Hall–Kier alpha value is -5.82. The monoisotopic (exact) mass is 664 g/mol. The number of fused-ring (bicyclic) bond motifs is 1. The van der Waals surface area contributed by atoms with Crippen LogP contribution in [0, 0.1) is 10.1 Å². The lowest BCUT2D eigenvalue weighted by Crippen LogP contribution is -2.03. The summed E-state index contributed by atoms with van der Waals surface area (Å²) in [5.41, 5.74) is 5.72. The zero-order valence-electron chi connectivity index (χ0n) is 23.0. The van der Waals surface area contributed by atoms with E-state index in [1.165, 1.54) is 36.4 Å². The zero-order valence-corrected chi connectivity index (χ0v) is 24.6. The minimum Gasteiger partial charge on any atom is -0.508 e. The van der Waals surface area contributed by atoms with Crippen molar-refractivity contribution in [3.63, 3.8) is 0 Å². The molecular formula is C28H20N6O10S2. The molecular weight excluding hydrogens is 644 g/mol. The van der Waals surface area contributed by atoms with Gasteiger partial charge in [-0.15, -0.1) is 10.2 Å². The maximum absolute atomic E-state index is 12.3. The Morgan fingerprint density at radius 3 is 1.57 bits per heavy atom. The molecule has 0 amide bonds. The predicted molar refractivity (Wildman–Crippen MR) is 165 cm³/mol. The topological polar surface area (TPSA) is 268 Å². The van der Waals surface area contributed by atoms with Crippen LogP contribution < -0.4 is 5.73 Å². The Morgan fingerprint density at radius 2 is 1.09 bits per heavy atom. The molecule has 6 N–H and O–H groups in total. The van der Waals surface area contributed by atoms with Gasteiger partial charge in [-0.1, -0.05) is 24.3 Å². The molecule has 234 valence electrons. The number of hydrogen-bond donors (Lipinski definition) is 5. The van der Waals surface area contributed by atoms with Gasteiger partial charge in [-0.3, -0.25) is 19.2 Å². The van der Waals surface area contributed by atoms with E-state index in [1.54, 1.807) is 24.3 Å².